The first kappa shape index (κ1) is 20.9. The van der Waals surface area contributed by atoms with Crippen LogP contribution >= 0.6 is 0 Å². The molecule has 0 N–H and O–H groups in total. The Kier molecular flexibility index (Phi) is 11.1. The Balaban J connectivity index is 1.35. The van der Waals surface area contributed by atoms with Gasteiger partial charge in [-0.15, -0.1) is 10.2 Å². The van der Waals surface area contributed by atoms with Crippen molar-refractivity contribution in [2.45, 2.75) is 110 Å². The fourth-order valence-electron chi connectivity index (χ4n) is 3.72. The highest BCUT2D eigenvalue weighted by Crippen LogP contribution is 2.14. The quantitative estimate of drug-likeness (QED) is 0.299. The second kappa shape index (κ2) is 13.8. The maximum atomic E-state index is 4.31. The molecule has 0 saturated heterocycles. The largest absolute Gasteiger partial charge is 0.286 e. The number of aryl methyl sites for hydroxylation is 1. The lowest BCUT2D eigenvalue weighted by Gasteiger charge is -2.03. The minimum atomic E-state index is 0.962. The van der Waals surface area contributed by atoms with Crippen LogP contribution in [0.15, 0.2) is 24.4 Å². The van der Waals surface area contributed by atoms with E-state index < -0.39 is 0 Å². The zero-order valence-electron chi connectivity index (χ0n) is 17.0. The number of rotatable bonds is 16. The zero-order chi connectivity index (χ0) is 18.3. The predicted molar refractivity (Wildman–Crippen MR) is 112 cm³/mol. The molecule has 0 aliphatic carbocycles. The third kappa shape index (κ3) is 8.33. The van der Waals surface area contributed by atoms with Crippen molar-refractivity contribution < 1.29 is 0 Å². The number of pyridine rings is 1. The van der Waals surface area contributed by atoms with Gasteiger partial charge in [-0.3, -0.25) is 4.40 Å². The topological polar surface area (TPSA) is 30.2 Å². The molecular formula is C23H39N3. The monoisotopic (exact) mass is 357 g/mol. The lowest BCUT2D eigenvalue weighted by molar-refractivity contribution is 0.531. The summed E-state index contributed by atoms with van der Waals surface area (Å²) in [6, 6.07) is 6.08. The molecule has 3 heteroatoms. The third-order valence-electron chi connectivity index (χ3n) is 5.39. The van der Waals surface area contributed by atoms with Crippen LogP contribution in [-0.2, 0) is 6.42 Å². The fourth-order valence-corrected chi connectivity index (χ4v) is 3.72. The number of fused-ring (bicyclic) bond motifs is 1. The average molecular weight is 358 g/mol. The van der Waals surface area contributed by atoms with Crippen LogP contribution in [0, 0.1) is 0 Å². The Bertz CT molecular complexity index is 576. The first-order valence-electron chi connectivity index (χ1n) is 11.2. The van der Waals surface area contributed by atoms with Crippen molar-refractivity contribution in [2.24, 2.45) is 0 Å². The van der Waals surface area contributed by atoms with Crippen LogP contribution in [0.5, 0.6) is 0 Å². The van der Waals surface area contributed by atoms with E-state index in [1.807, 2.05) is 18.2 Å². The molecule has 0 aliphatic heterocycles. The van der Waals surface area contributed by atoms with Gasteiger partial charge in [-0.1, -0.05) is 103 Å². The molecule has 0 saturated carbocycles. The van der Waals surface area contributed by atoms with E-state index in [1.165, 1.54) is 96.3 Å². The fraction of sp³-hybridized carbons (Fsp3) is 0.739. The predicted octanol–water partition coefficient (Wildman–Crippen LogP) is 7.14. The average Bonchev–Trinajstić information content (AvgIpc) is 3.08. The maximum Gasteiger partial charge on any atom is 0.160 e. The van der Waals surface area contributed by atoms with E-state index in [1.54, 1.807) is 0 Å². The molecule has 0 fully saturated rings. The molecule has 2 rings (SSSR count). The summed E-state index contributed by atoms with van der Waals surface area (Å²) < 4.78 is 2.11. The Morgan fingerprint density at radius 3 is 1.77 bits per heavy atom. The number of unbranched alkanes of at least 4 members (excludes halogenated alkanes) is 14. The van der Waals surface area contributed by atoms with Gasteiger partial charge in [-0.05, 0) is 18.6 Å². The van der Waals surface area contributed by atoms with Crippen molar-refractivity contribution in [1.82, 2.24) is 14.6 Å². The molecule has 0 amide bonds. The summed E-state index contributed by atoms with van der Waals surface area (Å²) in [5.41, 5.74) is 0.962. The SMILES string of the molecule is CCCCCCCCCCCCCCCCCc1nnc2ccccn12. The Morgan fingerprint density at radius 2 is 1.19 bits per heavy atom. The van der Waals surface area contributed by atoms with Crippen molar-refractivity contribution in [3.63, 3.8) is 0 Å². The highest BCUT2D eigenvalue weighted by molar-refractivity contribution is 5.36. The van der Waals surface area contributed by atoms with Crippen molar-refractivity contribution in [2.75, 3.05) is 0 Å². The van der Waals surface area contributed by atoms with Gasteiger partial charge in [-0.2, -0.15) is 0 Å². The summed E-state index contributed by atoms with van der Waals surface area (Å²) >= 11 is 0. The number of aromatic nitrogens is 3. The highest BCUT2D eigenvalue weighted by Gasteiger charge is 2.03. The molecular weight excluding hydrogens is 318 g/mol. The molecule has 0 radical (unpaired) electrons. The van der Waals surface area contributed by atoms with Crippen LogP contribution in [0.1, 0.15) is 109 Å². The first-order chi connectivity index (χ1) is 12.9. The Labute approximate surface area is 160 Å². The zero-order valence-corrected chi connectivity index (χ0v) is 17.0. The van der Waals surface area contributed by atoms with Crippen LogP contribution in [0.2, 0.25) is 0 Å². The third-order valence-corrected chi connectivity index (χ3v) is 5.39. The van der Waals surface area contributed by atoms with Gasteiger partial charge in [0.2, 0.25) is 0 Å². The molecule has 0 spiro atoms. The maximum absolute atomic E-state index is 4.31. The number of nitrogens with zero attached hydrogens (tertiary/aromatic N) is 3. The van der Waals surface area contributed by atoms with Crippen LogP contribution in [-0.4, -0.2) is 14.6 Å². The van der Waals surface area contributed by atoms with Crippen molar-refractivity contribution in [3.05, 3.63) is 30.2 Å². The molecule has 3 nitrogen and oxygen atoms in total. The van der Waals surface area contributed by atoms with Crippen LogP contribution in [0.25, 0.3) is 5.65 Å². The first-order valence-corrected chi connectivity index (χ1v) is 11.2. The van der Waals surface area contributed by atoms with E-state index in [4.69, 9.17) is 0 Å². The van der Waals surface area contributed by atoms with E-state index in [9.17, 15) is 0 Å². The molecule has 2 heterocycles. The molecule has 0 unspecified atom stereocenters. The van der Waals surface area contributed by atoms with E-state index >= 15 is 0 Å². The smallest absolute Gasteiger partial charge is 0.160 e. The van der Waals surface area contributed by atoms with E-state index in [0.29, 0.717) is 0 Å². The normalized spacial score (nSPS) is 11.4. The summed E-state index contributed by atoms with van der Waals surface area (Å²) in [6.07, 6.45) is 24.2. The van der Waals surface area contributed by atoms with Crippen molar-refractivity contribution >= 4 is 5.65 Å². The van der Waals surface area contributed by atoms with Gasteiger partial charge in [0.25, 0.3) is 0 Å². The Hall–Kier alpha value is -1.38. The molecule has 0 bridgehead atoms. The molecule has 0 aromatic carbocycles. The molecule has 2 aromatic rings. The molecule has 146 valence electrons. The van der Waals surface area contributed by atoms with E-state index in [2.05, 4.69) is 27.7 Å². The summed E-state index contributed by atoms with van der Waals surface area (Å²) in [6.45, 7) is 2.29. The molecule has 26 heavy (non-hydrogen) atoms. The highest BCUT2D eigenvalue weighted by atomic mass is 15.2. The van der Waals surface area contributed by atoms with E-state index in [-0.39, 0.29) is 0 Å². The molecule has 2 aromatic heterocycles. The summed E-state index contributed by atoms with van der Waals surface area (Å²) in [4.78, 5) is 0. The summed E-state index contributed by atoms with van der Waals surface area (Å²) in [7, 11) is 0. The summed E-state index contributed by atoms with van der Waals surface area (Å²) in [5.74, 6) is 1.11. The van der Waals surface area contributed by atoms with Crippen molar-refractivity contribution in [3.8, 4) is 0 Å². The lowest BCUT2D eigenvalue weighted by atomic mass is 10.0. The van der Waals surface area contributed by atoms with Crippen molar-refractivity contribution in [1.29, 1.82) is 0 Å². The number of hydrogen-bond donors (Lipinski definition) is 0. The standard InChI is InChI=1S/C23H39N3/c1-2-3-4-5-6-7-8-9-10-11-12-13-14-15-16-19-22-24-25-23-20-17-18-21-26(22)23/h17-18,20-21H,2-16,19H2,1H3. The second-order valence-corrected chi connectivity index (χ2v) is 7.74. The number of hydrogen-bond acceptors (Lipinski definition) is 2. The van der Waals surface area contributed by atoms with Crippen LogP contribution < -0.4 is 0 Å². The lowest BCUT2D eigenvalue weighted by Crippen LogP contribution is -1.94. The van der Waals surface area contributed by atoms with Gasteiger partial charge < -0.3 is 0 Å². The molecule has 0 atom stereocenters. The molecule has 0 aliphatic rings. The van der Waals surface area contributed by atoms with Gasteiger partial charge in [0.05, 0.1) is 0 Å². The van der Waals surface area contributed by atoms with Gasteiger partial charge in [-0.25, -0.2) is 0 Å². The minimum absolute atomic E-state index is 0.962. The summed E-state index contributed by atoms with van der Waals surface area (Å²) in [5, 5.41) is 8.53. The van der Waals surface area contributed by atoms with Crippen LogP contribution in [0.3, 0.4) is 0 Å². The van der Waals surface area contributed by atoms with Gasteiger partial charge in [0.15, 0.2) is 5.65 Å². The van der Waals surface area contributed by atoms with Gasteiger partial charge in [0, 0.05) is 12.6 Å². The second-order valence-electron chi connectivity index (χ2n) is 7.74. The Morgan fingerprint density at radius 1 is 0.654 bits per heavy atom. The van der Waals surface area contributed by atoms with Gasteiger partial charge >= 0.3 is 0 Å². The minimum Gasteiger partial charge on any atom is -0.286 e. The van der Waals surface area contributed by atoms with Crippen LogP contribution in [0.4, 0.5) is 0 Å². The van der Waals surface area contributed by atoms with Gasteiger partial charge in [0.1, 0.15) is 5.82 Å². The van der Waals surface area contributed by atoms with E-state index in [0.717, 1.165) is 17.9 Å².